The Labute approximate surface area is 144 Å². The molecular formula is C20H18Hf-2. The second-order valence-corrected chi connectivity index (χ2v) is 5.21. The number of benzene rings is 2. The minimum absolute atomic E-state index is 0. The zero-order valence-electron chi connectivity index (χ0n) is 12.4. The van der Waals surface area contributed by atoms with Crippen molar-refractivity contribution in [1.29, 1.82) is 0 Å². The average Bonchev–Trinajstić information content (AvgIpc) is 3.05. The maximum atomic E-state index is 2.16. The molecule has 0 atom stereocenters. The molecule has 0 aromatic heterocycles. The fraction of sp³-hybridized carbons (Fsp3) is 0.100. The van der Waals surface area contributed by atoms with Crippen molar-refractivity contribution in [3.05, 3.63) is 83.9 Å². The van der Waals surface area contributed by atoms with E-state index in [0.29, 0.717) is 0 Å². The maximum absolute atomic E-state index is 2.16. The third-order valence-corrected chi connectivity index (χ3v) is 3.80. The Morgan fingerprint density at radius 3 is 1.33 bits per heavy atom. The van der Waals surface area contributed by atoms with Gasteiger partial charge >= 0.3 is 0 Å². The average molecular weight is 437 g/mol. The predicted octanol–water partition coefficient (Wildman–Crippen LogP) is 5.73. The third kappa shape index (κ3) is 3.41. The monoisotopic (exact) mass is 438 g/mol. The van der Waals surface area contributed by atoms with E-state index < -0.39 is 0 Å². The molecule has 0 amide bonds. The van der Waals surface area contributed by atoms with E-state index in [1.807, 2.05) is 0 Å². The smallest absolute Gasteiger partial charge is 0 e. The molecule has 0 fully saturated rings. The van der Waals surface area contributed by atoms with Crippen molar-refractivity contribution >= 4 is 21.5 Å². The van der Waals surface area contributed by atoms with Gasteiger partial charge in [-0.2, -0.15) is 24.3 Å². The van der Waals surface area contributed by atoms with Gasteiger partial charge in [0.2, 0.25) is 0 Å². The van der Waals surface area contributed by atoms with Gasteiger partial charge in [-0.1, -0.05) is 26.0 Å². The van der Waals surface area contributed by atoms with E-state index in [2.05, 4.69) is 86.6 Å². The summed E-state index contributed by atoms with van der Waals surface area (Å²) in [6.45, 7) is 4.28. The van der Waals surface area contributed by atoms with E-state index in [1.165, 1.54) is 32.7 Å². The molecule has 21 heavy (non-hydrogen) atoms. The summed E-state index contributed by atoms with van der Waals surface area (Å²) in [7, 11) is 0. The summed E-state index contributed by atoms with van der Waals surface area (Å²) in [5.74, 6) is 0. The van der Waals surface area contributed by atoms with Crippen LogP contribution in [-0.2, 0) is 25.8 Å². The molecule has 0 heterocycles. The minimum Gasteiger partial charge on any atom is -0.168 e. The fourth-order valence-corrected chi connectivity index (χ4v) is 2.61. The summed E-state index contributed by atoms with van der Waals surface area (Å²) in [5.41, 5.74) is 2.74. The van der Waals surface area contributed by atoms with Gasteiger partial charge in [-0.05, 0) is 0 Å². The quantitative estimate of drug-likeness (QED) is 0.244. The molecular weight excluding hydrogens is 419 g/mol. The van der Waals surface area contributed by atoms with Crippen molar-refractivity contribution in [3.63, 3.8) is 0 Å². The van der Waals surface area contributed by atoms with E-state index in [1.54, 1.807) is 0 Å². The number of hydrogen-bond donors (Lipinski definition) is 0. The van der Waals surface area contributed by atoms with Crippen molar-refractivity contribution in [3.8, 4) is 0 Å². The summed E-state index contributed by atoms with van der Waals surface area (Å²) < 4.78 is 0. The Kier molecular flexibility index (Phi) is 5.30. The molecule has 0 spiro atoms. The molecule has 0 N–H and O–H groups in total. The van der Waals surface area contributed by atoms with E-state index in [0.717, 1.165) is 0 Å². The molecule has 0 aliphatic carbocycles. The second kappa shape index (κ2) is 7.00. The first-order valence-corrected chi connectivity index (χ1v) is 6.98. The van der Waals surface area contributed by atoms with E-state index in [4.69, 9.17) is 0 Å². The summed E-state index contributed by atoms with van der Waals surface area (Å²) in [4.78, 5) is 0. The van der Waals surface area contributed by atoms with E-state index in [9.17, 15) is 0 Å². The fourth-order valence-electron chi connectivity index (χ4n) is 2.61. The van der Waals surface area contributed by atoms with Gasteiger partial charge < -0.3 is 0 Å². The van der Waals surface area contributed by atoms with Gasteiger partial charge in [0.15, 0.2) is 0 Å². The second-order valence-electron chi connectivity index (χ2n) is 5.21. The van der Waals surface area contributed by atoms with Gasteiger partial charge in [-0.15, -0.1) is 69.1 Å². The van der Waals surface area contributed by atoms with Crippen LogP contribution in [0.3, 0.4) is 0 Å². The standard InChI is InChI=1S/2C10H9.Hf/c2*1-8-6-7-9-4-2-3-5-10(8)9;/h2*2-7H,1H3;/q2*-1;. The summed E-state index contributed by atoms with van der Waals surface area (Å²) >= 11 is 0. The number of hydrogen-bond acceptors (Lipinski definition) is 0. The third-order valence-electron chi connectivity index (χ3n) is 3.80. The van der Waals surface area contributed by atoms with Crippen molar-refractivity contribution in [1.82, 2.24) is 0 Å². The molecule has 4 aromatic carbocycles. The van der Waals surface area contributed by atoms with Crippen LogP contribution >= 0.6 is 0 Å². The molecule has 0 aliphatic rings. The zero-order chi connectivity index (χ0) is 13.9. The number of aryl methyl sites for hydroxylation is 2. The topological polar surface area (TPSA) is 0 Å². The van der Waals surface area contributed by atoms with Gasteiger partial charge in [0.25, 0.3) is 0 Å². The Bertz CT molecular complexity index is 761. The number of fused-ring (bicyclic) bond motifs is 2. The zero-order valence-corrected chi connectivity index (χ0v) is 16.0. The molecule has 1 heteroatoms. The van der Waals surface area contributed by atoms with Crippen LogP contribution < -0.4 is 0 Å². The van der Waals surface area contributed by atoms with Gasteiger partial charge in [0.1, 0.15) is 0 Å². The minimum atomic E-state index is 0. The van der Waals surface area contributed by atoms with Gasteiger partial charge in [-0.3, -0.25) is 0 Å². The van der Waals surface area contributed by atoms with Crippen LogP contribution in [0.15, 0.2) is 72.8 Å². The van der Waals surface area contributed by atoms with Crippen LogP contribution in [0.2, 0.25) is 0 Å². The molecule has 0 saturated heterocycles. The first-order valence-electron chi connectivity index (χ1n) is 6.98. The molecule has 0 unspecified atom stereocenters. The van der Waals surface area contributed by atoms with E-state index >= 15 is 0 Å². The Hall–Kier alpha value is -1.47. The Balaban J connectivity index is 0.000000147. The van der Waals surface area contributed by atoms with Crippen LogP contribution in [0.1, 0.15) is 11.1 Å². The molecule has 0 radical (unpaired) electrons. The van der Waals surface area contributed by atoms with Gasteiger partial charge in [0, 0.05) is 25.8 Å². The summed E-state index contributed by atoms with van der Waals surface area (Å²) in [6.07, 6.45) is 0. The molecule has 0 aliphatic heterocycles. The normalized spacial score (nSPS) is 10.0. The Morgan fingerprint density at radius 2 is 0.952 bits per heavy atom. The van der Waals surface area contributed by atoms with Crippen LogP contribution in [0.5, 0.6) is 0 Å². The van der Waals surface area contributed by atoms with Crippen LogP contribution in [0.25, 0.3) is 21.5 Å². The van der Waals surface area contributed by atoms with Gasteiger partial charge in [0.05, 0.1) is 0 Å². The summed E-state index contributed by atoms with van der Waals surface area (Å²) in [6, 6.07) is 25.5. The molecule has 0 bridgehead atoms. The largest absolute Gasteiger partial charge is 0.168 e. The van der Waals surface area contributed by atoms with Gasteiger partial charge in [-0.25, -0.2) is 0 Å². The molecule has 0 nitrogen and oxygen atoms in total. The SMILES string of the molecule is C[c-]1ccc2ccccc21.C[c-]1ccc2ccccc21.[Hf]. The first-order chi connectivity index (χ1) is 9.75. The molecule has 4 aromatic rings. The predicted molar refractivity (Wildman–Crippen MR) is 88.6 cm³/mol. The van der Waals surface area contributed by atoms with E-state index in [-0.39, 0.29) is 25.8 Å². The van der Waals surface area contributed by atoms with Crippen molar-refractivity contribution in [2.24, 2.45) is 0 Å². The molecule has 104 valence electrons. The van der Waals surface area contributed by atoms with Crippen LogP contribution in [0, 0.1) is 13.8 Å². The van der Waals surface area contributed by atoms with Crippen molar-refractivity contribution in [2.75, 3.05) is 0 Å². The Morgan fingerprint density at radius 1 is 0.571 bits per heavy atom. The van der Waals surface area contributed by atoms with Crippen LogP contribution in [0.4, 0.5) is 0 Å². The van der Waals surface area contributed by atoms with Crippen molar-refractivity contribution < 1.29 is 25.8 Å². The molecule has 0 saturated carbocycles. The van der Waals surface area contributed by atoms with Crippen molar-refractivity contribution in [2.45, 2.75) is 13.8 Å². The maximum Gasteiger partial charge on any atom is 0 e. The number of rotatable bonds is 0. The molecule has 4 rings (SSSR count). The first kappa shape index (κ1) is 15.9. The summed E-state index contributed by atoms with van der Waals surface area (Å²) in [5, 5.41) is 5.45. The van der Waals surface area contributed by atoms with Crippen LogP contribution in [-0.4, -0.2) is 0 Å².